The number of hydrogen-bond donors (Lipinski definition) is 1. The second-order valence-corrected chi connectivity index (χ2v) is 2.83. The minimum Gasteiger partial charge on any atom is -0.350 e. The Kier molecular flexibility index (Phi) is 1.51. The summed E-state index contributed by atoms with van der Waals surface area (Å²) in [4.78, 5) is 10.8. The molecule has 0 fully saturated rings. The molecule has 2 aromatic rings. The normalized spacial score (nSPS) is 10.5. The molecule has 5 nitrogen and oxygen atoms in total. The summed E-state index contributed by atoms with van der Waals surface area (Å²) in [7, 11) is 0. The van der Waals surface area contributed by atoms with Gasteiger partial charge >= 0.3 is 6.03 Å². The lowest BCUT2D eigenvalue weighted by Crippen LogP contribution is -2.20. The average molecular weight is 176 g/mol. The summed E-state index contributed by atoms with van der Waals surface area (Å²) in [5.41, 5.74) is 7.47. The molecule has 2 rings (SSSR count). The number of nitrogens with zero attached hydrogens (tertiary/aromatic N) is 3. The van der Waals surface area contributed by atoms with Crippen molar-refractivity contribution < 1.29 is 4.79 Å². The molecule has 0 bridgehead atoms. The van der Waals surface area contributed by atoms with Crippen LogP contribution >= 0.6 is 0 Å². The molecule has 0 aliphatic heterocycles. The van der Waals surface area contributed by atoms with Crippen molar-refractivity contribution in [3.63, 3.8) is 0 Å². The summed E-state index contributed by atoms with van der Waals surface area (Å²) in [6.45, 7) is 1.95. The Balaban J connectivity index is 2.76. The summed E-state index contributed by atoms with van der Waals surface area (Å²) in [6, 6.07) is 4.88. The second-order valence-electron chi connectivity index (χ2n) is 2.83. The van der Waals surface area contributed by atoms with Gasteiger partial charge in [-0.2, -0.15) is 4.68 Å². The zero-order valence-electron chi connectivity index (χ0n) is 7.06. The Morgan fingerprint density at radius 3 is 3.00 bits per heavy atom. The van der Waals surface area contributed by atoms with Crippen LogP contribution in [0.2, 0.25) is 0 Å². The number of nitrogens with two attached hydrogens (primary N) is 1. The molecule has 1 heterocycles. The van der Waals surface area contributed by atoms with Gasteiger partial charge in [0.1, 0.15) is 5.52 Å². The van der Waals surface area contributed by atoms with Gasteiger partial charge in [0.05, 0.1) is 5.52 Å². The van der Waals surface area contributed by atoms with Crippen LogP contribution in [-0.2, 0) is 0 Å². The smallest absolute Gasteiger partial charge is 0.341 e. The topological polar surface area (TPSA) is 73.8 Å². The monoisotopic (exact) mass is 176 g/mol. The van der Waals surface area contributed by atoms with Crippen molar-refractivity contribution in [2.24, 2.45) is 5.73 Å². The largest absolute Gasteiger partial charge is 0.350 e. The molecule has 13 heavy (non-hydrogen) atoms. The van der Waals surface area contributed by atoms with Crippen LogP contribution < -0.4 is 5.73 Å². The van der Waals surface area contributed by atoms with E-state index in [2.05, 4.69) is 10.3 Å². The van der Waals surface area contributed by atoms with Gasteiger partial charge in [-0.3, -0.25) is 0 Å². The first kappa shape index (κ1) is 7.72. The van der Waals surface area contributed by atoms with E-state index < -0.39 is 6.03 Å². The molecule has 5 heteroatoms. The molecule has 0 saturated heterocycles. The third-order valence-electron chi connectivity index (χ3n) is 1.81. The fourth-order valence-electron chi connectivity index (χ4n) is 1.20. The molecule has 0 aliphatic carbocycles. The molecular formula is C8H8N4O. The van der Waals surface area contributed by atoms with Crippen molar-refractivity contribution in [3.05, 3.63) is 23.8 Å². The number of amides is 1. The highest BCUT2D eigenvalue weighted by atomic mass is 16.2. The molecule has 66 valence electrons. The van der Waals surface area contributed by atoms with Crippen LogP contribution in [0.1, 0.15) is 5.56 Å². The fourth-order valence-corrected chi connectivity index (χ4v) is 1.20. The summed E-state index contributed by atoms with van der Waals surface area (Å²) in [6.07, 6.45) is 0. The zero-order chi connectivity index (χ0) is 9.42. The lowest BCUT2D eigenvalue weighted by Gasteiger charge is -1.94. The van der Waals surface area contributed by atoms with Gasteiger partial charge in [-0.1, -0.05) is 11.3 Å². The van der Waals surface area contributed by atoms with E-state index in [0.29, 0.717) is 11.0 Å². The molecule has 0 radical (unpaired) electrons. The van der Waals surface area contributed by atoms with Gasteiger partial charge in [0.25, 0.3) is 0 Å². The van der Waals surface area contributed by atoms with Gasteiger partial charge in [-0.05, 0) is 24.6 Å². The Morgan fingerprint density at radius 1 is 1.54 bits per heavy atom. The molecule has 2 N–H and O–H groups in total. The van der Waals surface area contributed by atoms with E-state index in [1.54, 1.807) is 6.07 Å². The standard InChI is InChI=1S/C8H8N4O/c1-5-2-3-7-6(4-5)10-11-12(7)8(9)13/h2-4H,1H3,(H2,9,13). The quantitative estimate of drug-likeness (QED) is 0.641. The Bertz CT molecular complexity index is 474. The number of carbonyl (C=O) groups excluding carboxylic acids is 1. The summed E-state index contributed by atoms with van der Waals surface area (Å²) >= 11 is 0. The number of primary amides is 1. The maximum atomic E-state index is 10.8. The molecule has 1 aromatic carbocycles. The van der Waals surface area contributed by atoms with Crippen molar-refractivity contribution in [3.8, 4) is 0 Å². The zero-order valence-corrected chi connectivity index (χ0v) is 7.06. The van der Waals surface area contributed by atoms with Gasteiger partial charge in [-0.15, -0.1) is 5.10 Å². The minimum atomic E-state index is -0.619. The van der Waals surface area contributed by atoms with E-state index in [0.717, 1.165) is 10.2 Å². The molecule has 1 amide bonds. The second kappa shape index (κ2) is 2.55. The third-order valence-corrected chi connectivity index (χ3v) is 1.81. The number of aryl methyl sites for hydroxylation is 1. The molecule has 0 atom stereocenters. The molecule has 0 saturated carbocycles. The molecular weight excluding hydrogens is 168 g/mol. The van der Waals surface area contributed by atoms with Crippen molar-refractivity contribution in [2.45, 2.75) is 6.92 Å². The van der Waals surface area contributed by atoms with E-state index in [9.17, 15) is 4.79 Å². The highest BCUT2D eigenvalue weighted by Gasteiger charge is 2.07. The number of rotatable bonds is 0. The molecule has 0 aliphatic rings. The van der Waals surface area contributed by atoms with Gasteiger partial charge < -0.3 is 5.73 Å². The van der Waals surface area contributed by atoms with Gasteiger partial charge in [-0.25, -0.2) is 4.79 Å². The maximum Gasteiger partial charge on any atom is 0.341 e. The first-order chi connectivity index (χ1) is 6.18. The van der Waals surface area contributed by atoms with Crippen LogP contribution in [0.4, 0.5) is 4.79 Å². The number of carbonyl (C=O) groups is 1. The van der Waals surface area contributed by atoms with Crippen molar-refractivity contribution in [2.75, 3.05) is 0 Å². The molecule has 1 aromatic heterocycles. The van der Waals surface area contributed by atoms with E-state index in [-0.39, 0.29) is 0 Å². The van der Waals surface area contributed by atoms with Crippen molar-refractivity contribution >= 4 is 17.1 Å². The number of aromatic nitrogens is 3. The average Bonchev–Trinajstić information content (AvgIpc) is 2.46. The van der Waals surface area contributed by atoms with Crippen molar-refractivity contribution in [1.82, 2.24) is 15.0 Å². The molecule has 0 unspecified atom stereocenters. The lowest BCUT2D eigenvalue weighted by molar-refractivity contribution is 0.248. The number of benzene rings is 1. The Labute approximate surface area is 74.1 Å². The highest BCUT2D eigenvalue weighted by molar-refractivity contribution is 5.86. The first-order valence-corrected chi connectivity index (χ1v) is 3.80. The van der Waals surface area contributed by atoms with E-state index in [4.69, 9.17) is 5.73 Å². The number of fused-ring (bicyclic) bond motifs is 1. The lowest BCUT2D eigenvalue weighted by atomic mass is 10.2. The van der Waals surface area contributed by atoms with Gasteiger partial charge in [0.15, 0.2) is 0 Å². The van der Waals surface area contributed by atoms with Gasteiger partial charge in [0, 0.05) is 0 Å². The first-order valence-electron chi connectivity index (χ1n) is 3.80. The SMILES string of the molecule is Cc1ccc2c(c1)nnn2C(N)=O. The predicted molar refractivity (Wildman–Crippen MR) is 47.2 cm³/mol. The van der Waals surface area contributed by atoms with E-state index >= 15 is 0 Å². The minimum absolute atomic E-state index is 0.619. The summed E-state index contributed by atoms with van der Waals surface area (Å²) in [5, 5.41) is 7.44. The van der Waals surface area contributed by atoms with Crippen LogP contribution in [0.15, 0.2) is 18.2 Å². The Morgan fingerprint density at radius 2 is 2.31 bits per heavy atom. The van der Waals surface area contributed by atoms with Crippen LogP contribution in [-0.4, -0.2) is 21.0 Å². The predicted octanol–water partition coefficient (Wildman–Crippen LogP) is 0.667. The van der Waals surface area contributed by atoms with Crippen LogP contribution in [0.5, 0.6) is 0 Å². The summed E-state index contributed by atoms with van der Waals surface area (Å²) in [5.74, 6) is 0. The van der Waals surface area contributed by atoms with Crippen LogP contribution in [0.3, 0.4) is 0 Å². The Hall–Kier alpha value is -1.91. The third kappa shape index (κ3) is 1.14. The van der Waals surface area contributed by atoms with Gasteiger partial charge in [0.2, 0.25) is 0 Å². The molecule has 0 spiro atoms. The van der Waals surface area contributed by atoms with E-state index in [1.807, 2.05) is 19.1 Å². The number of hydrogen-bond acceptors (Lipinski definition) is 3. The van der Waals surface area contributed by atoms with Crippen molar-refractivity contribution in [1.29, 1.82) is 0 Å². The van der Waals surface area contributed by atoms with Crippen LogP contribution in [0.25, 0.3) is 11.0 Å². The maximum absolute atomic E-state index is 10.8. The van der Waals surface area contributed by atoms with Crippen LogP contribution in [0, 0.1) is 6.92 Å². The fraction of sp³-hybridized carbons (Fsp3) is 0.125. The summed E-state index contributed by atoms with van der Waals surface area (Å²) < 4.78 is 1.08. The highest BCUT2D eigenvalue weighted by Crippen LogP contribution is 2.11. The van der Waals surface area contributed by atoms with E-state index in [1.165, 1.54) is 0 Å².